The zero-order chi connectivity index (χ0) is 11.7. The van der Waals surface area contributed by atoms with Crippen molar-refractivity contribution in [1.82, 2.24) is 10.3 Å². The monoisotopic (exact) mass is 251 g/mol. The van der Waals surface area contributed by atoms with Gasteiger partial charge in [0.05, 0.1) is 5.69 Å². The maximum Gasteiger partial charge on any atom is 0.185 e. The first kappa shape index (κ1) is 11.5. The molecule has 1 unspecified atom stereocenters. The second-order valence-electron chi connectivity index (χ2n) is 5.00. The molecule has 0 spiro atoms. The topological polar surface area (TPSA) is 28.2 Å². The number of hydrogen-bond acceptors (Lipinski definition) is 4. The van der Waals surface area contributed by atoms with Gasteiger partial charge in [0.1, 0.15) is 0 Å². The third-order valence-electron chi connectivity index (χ3n) is 3.77. The van der Waals surface area contributed by atoms with Crippen molar-refractivity contribution in [3.05, 3.63) is 10.6 Å². The van der Waals surface area contributed by atoms with E-state index in [1.165, 1.54) is 60.9 Å². The molecule has 2 aliphatic rings. The third kappa shape index (κ3) is 2.20. The van der Waals surface area contributed by atoms with Gasteiger partial charge in [0.25, 0.3) is 0 Å². The smallest absolute Gasteiger partial charge is 0.185 e. The number of nitrogens with one attached hydrogen (secondary N) is 1. The SMILES string of the molecule is CCNC1CCCc2nc(N3CCCC3)sc21. The molecule has 17 heavy (non-hydrogen) atoms. The molecule has 0 amide bonds. The number of aromatic nitrogens is 1. The normalized spacial score (nSPS) is 24.1. The lowest BCUT2D eigenvalue weighted by molar-refractivity contribution is 0.476. The minimum Gasteiger partial charge on any atom is -0.348 e. The number of fused-ring (bicyclic) bond motifs is 1. The highest BCUT2D eigenvalue weighted by Gasteiger charge is 2.26. The standard InChI is InChI=1S/C13H21N3S/c1-2-14-10-6-5-7-11-12(10)17-13(15-11)16-8-3-4-9-16/h10,14H,2-9H2,1H3. The Morgan fingerprint density at radius 3 is 2.94 bits per heavy atom. The van der Waals surface area contributed by atoms with Crippen LogP contribution < -0.4 is 10.2 Å². The van der Waals surface area contributed by atoms with Crippen molar-refractivity contribution in [2.45, 2.75) is 45.1 Å². The van der Waals surface area contributed by atoms with Gasteiger partial charge in [-0.25, -0.2) is 4.98 Å². The Labute approximate surface area is 107 Å². The van der Waals surface area contributed by atoms with Gasteiger partial charge in [-0.3, -0.25) is 0 Å². The van der Waals surface area contributed by atoms with Crippen molar-refractivity contribution in [3.63, 3.8) is 0 Å². The molecule has 3 rings (SSSR count). The van der Waals surface area contributed by atoms with E-state index in [0.29, 0.717) is 6.04 Å². The molecule has 1 atom stereocenters. The zero-order valence-electron chi connectivity index (χ0n) is 10.5. The van der Waals surface area contributed by atoms with Gasteiger partial charge in [-0.05, 0) is 38.6 Å². The van der Waals surface area contributed by atoms with E-state index in [2.05, 4.69) is 17.1 Å². The van der Waals surface area contributed by atoms with Crippen LogP contribution in [0.25, 0.3) is 0 Å². The molecule has 1 N–H and O–H groups in total. The molecule has 0 radical (unpaired) electrons. The Bertz CT molecular complexity index is 382. The summed E-state index contributed by atoms with van der Waals surface area (Å²) in [6.07, 6.45) is 6.42. The van der Waals surface area contributed by atoms with Gasteiger partial charge < -0.3 is 10.2 Å². The number of hydrogen-bond donors (Lipinski definition) is 1. The summed E-state index contributed by atoms with van der Waals surface area (Å²) in [4.78, 5) is 8.85. The zero-order valence-corrected chi connectivity index (χ0v) is 11.4. The lowest BCUT2D eigenvalue weighted by Gasteiger charge is -2.21. The lowest BCUT2D eigenvalue weighted by Crippen LogP contribution is -2.23. The summed E-state index contributed by atoms with van der Waals surface area (Å²) in [6.45, 7) is 5.66. The average Bonchev–Trinajstić information content (AvgIpc) is 2.98. The molecular formula is C13H21N3S. The van der Waals surface area contributed by atoms with E-state index in [9.17, 15) is 0 Å². The van der Waals surface area contributed by atoms with Crippen molar-refractivity contribution < 1.29 is 0 Å². The molecule has 0 bridgehead atoms. The summed E-state index contributed by atoms with van der Waals surface area (Å²) in [6, 6.07) is 0.567. The van der Waals surface area contributed by atoms with Crippen LogP contribution >= 0.6 is 11.3 Å². The molecule has 0 aromatic carbocycles. The summed E-state index contributed by atoms with van der Waals surface area (Å²) >= 11 is 1.93. The number of rotatable bonds is 3. The molecule has 3 nitrogen and oxygen atoms in total. The van der Waals surface area contributed by atoms with Crippen LogP contribution in [0.15, 0.2) is 0 Å². The van der Waals surface area contributed by atoms with E-state index in [4.69, 9.17) is 4.98 Å². The van der Waals surface area contributed by atoms with Crippen LogP contribution in [0.2, 0.25) is 0 Å². The van der Waals surface area contributed by atoms with Crippen LogP contribution in [0.1, 0.15) is 49.2 Å². The largest absolute Gasteiger partial charge is 0.348 e. The molecule has 2 heterocycles. The first-order valence-electron chi connectivity index (χ1n) is 6.86. The van der Waals surface area contributed by atoms with E-state index in [-0.39, 0.29) is 0 Å². The lowest BCUT2D eigenvalue weighted by atomic mass is 9.98. The van der Waals surface area contributed by atoms with Crippen molar-refractivity contribution in [1.29, 1.82) is 0 Å². The maximum atomic E-state index is 4.87. The number of thiazole rings is 1. The summed E-state index contributed by atoms with van der Waals surface area (Å²) in [5, 5.41) is 4.87. The van der Waals surface area contributed by atoms with Crippen LogP contribution in [-0.4, -0.2) is 24.6 Å². The average molecular weight is 251 g/mol. The van der Waals surface area contributed by atoms with Gasteiger partial charge >= 0.3 is 0 Å². The molecule has 1 fully saturated rings. The first-order valence-corrected chi connectivity index (χ1v) is 7.68. The van der Waals surface area contributed by atoms with E-state index in [1.54, 1.807) is 0 Å². The number of aryl methyl sites for hydroxylation is 1. The predicted octanol–water partition coefficient (Wildman–Crippen LogP) is 2.73. The number of nitrogens with zero attached hydrogens (tertiary/aromatic N) is 2. The molecule has 94 valence electrons. The van der Waals surface area contributed by atoms with Crippen molar-refractivity contribution in [3.8, 4) is 0 Å². The van der Waals surface area contributed by atoms with E-state index in [1.807, 2.05) is 11.3 Å². The number of anilines is 1. The molecule has 1 aromatic heterocycles. The highest BCUT2D eigenvalue weighted by Crippen LogP contribution is 2.38. The van der Waals surface area contributed by atoms with Crippen molar-refractivity contribution in [2.75, 3.05) is 24.5 Å². The Hall–Kier alpha value is -0.610. The Balaban J connectivity index is 1.84. The van der Waals surface area contributed by atoms with Crippen LogP contribution in [0.5, 0.6) is 0 Å². The van der Waals surface area contributed by atoms with E-state index >= 15 is 0 Å². The minimum absolute atomic E-state index is 0.567. The van der Waals surface area contributed by atoms with Crippen LogP contribution in [0, 0.1) is 0 Å². The van der Waals surface area contributed by atoms with Crippen molar-refractivity contribution >= 4 is 16.5 Å². The quantitative estimate of drug-likeness (QED) is 0.895. The van der Waals surface area contributed by atoms with Gasteiger partial charge in [0.2, 0.25) is 0 Å². The van der Waals surface area contributed by atoms with Crippen LogP contribution in [0.4, 0.5) is 5.13 Å². The predicted molar refractivity (Wildman–Crippen MR) is 72.9 cm³/mol. The van der Waals surface area contributed by atoms with Gasteiger partial charge in [0, 0.05) is 24.0 Å². The van der Waals surface area contributed by atoms with Crippen LogP contribution in [0.3, 0.4) is 0 Å². The summed E-state index contributed by atoms with van der Waals surface area (Å²) in [7, 11) is 0. The fourth-order valence-electron chi connectivity index (χ4n) is 2.89. The molecular weight excluding hydrogens is 230 g/mol. The second kappa shape index (κ2) is 4.94. The highest BCUT2D eigenvalue weighted by atomic mass is 32.1. The fraction of sp³-hybridized carbons (Fsp3) is 0.769. The van der Waals surface area contributed by atoms with Gasteiger partial charge in [-0.1, -0.05) is 18.3 Å². The molecule has 4 heteroatoms. The Morgan fingerprint density at radius 2 is 2.18 bits per heavy atom. The highest BCUT2D eigenvalue weighted by molar-refractivity contribution is 7.15. The maximum absolute atomic E-state index is 4.87. The summed E-state index contributed by atoms with van der Waals surface area (Å²) in [5.74, 6) is 0. The van der Waals surface area contributed by atoms with Gasteiger partial charge in [0.15, 0.2) is 5.13 Å². The molecule has 0 saturated carbocycles. The fourth-order valence-corrected chi connectivity index (χ4v) is 4.16. The molecule has 1 aliphatic carbocycles. The molecule has 1 aliphatic heterocycles. The summed E-state index contributed by atoms with van der Waals surface area (Å²) in [5.41, 5.74) is 1.37. The van der Waals surface area contributed by atoms with Crippen LogP contribution in [-0.2, 0) is 6.42 Å². The van der Waals surface area contributed by atoms with E-state index < -0.39 is 0 Å². The molecule has 1 saturated heterocycles. The Morgan fingerprint density at radius 1 is 1.35 bits per heavy atom. The third-order valence-corrected chi connectivity index (χ3v) is 5.04. The second-order valence-corrected chi connectivity index (χ2v) is 6.01. The van der Waals surface area contributed by atoms with Gasteiger partial charge in [-0.15, -0.1) is 0 Å². The van der Waals surface area contributed by atoms with Gasteiger partial charge in [-0.2, -0.15) is 0 Å². The molecule has 1 aromatic rings. The first-order chi connectivity index (χ1) is 8.38. The van der Waals surface area contributed by atoms with E-state index in [0.717, 1.165) is 6.54 Å². The Kier molecular flexibility index (Phi) is 3.34. The minimum atomic E-state index is 0.567. The van der Waals surface area contributed by atoms with Crippen molar-refractivity contribution in [2.24, 2.45) is 0 Å². The summed E-state index contributed by atoms with van der Waals surface area (Å²) < 4.78 is 0.